The van der Waals surface area contributed by atoms with E-state index in [1.54, 1.807) is 19.2 Å². The minimum absolute atomic E-state index is 0.0911. The quantitative estimate of drug-likeness (QED) is 0.700. The van der Waals surface area contributed by atoms with Crippen LogP contribution in [-0.2, 0) is 9.53 Å². The Morgan fingerprint density at radius 1 is 1.50 bits per heavy atom. The molecule has 0 bridgehead atoms. The SMILES string of the molecule is CCOC(=O)C1=C(CN)NC(c2nccs2)=NC1c1ccc(F)cc1Br. The number of rotatable bonds is 5. The normalized spacial score (nSPS) is 16.9. The summed E-state index contributed by atoms with van der Waals surface area (Å²) >= 11 is 4.77. The fraction of sp³-hybridized carbons (Fsp3) is 0.235. The van der Waals surface area contributed by atoms with Crippen molar-refractivity contribution in [1.29, 1.82) is 0 Å². The van der Waals surface area contributed by atoms with Crippen LogP contribution in [0.15, 0.2) is 50.5 Å². The monoisotopic (exact) mass is 438 g/mol. The molecule has 1 atom stereocenters. The van der Waals surface area contributed by atoms with Gasteiger partial charge < -0.3 is 15.8 Å². The van der Waals surface area contributed by atoms with Crippen molar-refractivity contribution in [3.63, 3.8) is 0 Å². The smallest absolute Gasteiger partial charge is 0.338 e. The number of carbonyl (C=O) groups is 1. The van der Waals surface area contributed by atoms with Gasteiger partial charge in [0.05, 0.1) is 12.2 Å². The molecule has 0 aliphatic carbocycles. The van der Waals surface area contributed by atoms with Crippen LogP contribution in [0.3, 0.4) is 0 Å². The number of esters is 1. The van der Waals surface area contributed by atoms with E-state index in [1.807, 2.05) is 5.38 Å². The Kier molecular flexibility index (Phi) is 5.80. The Bertz CT molecular complexity index is 883. The van der Waals surface area contributed by atoms with Gasteiger partial charge in [-0.3, -0.25) is 4.99 Å². The Balaban J connectivity index is 2.15. The summed E-state index contributed by atoms with van der Waals surface area (Å²) in [4.78, 5) is 21.5. The van der Waals surface area contributed by atoms with Crippen molar-refractivity contribution in [3.05, 3.63) is 61.9 Å². The van der Waals surface area contributed by atoms with Crippen LogP contribution < -0.4 is 11.1 Å². The Hall–Kier alpha value is -2.10. The molecule has 0 spiro atoms. The summed E-state index contributed by atoms with van der Waals surface area (Å²) in [7, 11) is 0. The molecule has 9 heteroatoms. The summed E-state index contributed by atoms with van der Waals surface area (Å²) in [5.74, 6) is -0.391. The van der Waals surface area contributed by atoms with E-state index in [9.17, 15) is 9.18 Å². The first-order chi connectivity index (χ1) is 12.5. The molecule has 1 aliphatic heterocycles. The molecule has 0 saturated heterocycles. The maximum Gasteiger partial charge on any atom is 0.338 e. The number of nitrogens with zero attached hydrogens (tertiary/aromatic N) is 2. The molecule has 6 nitrogen and oxygen atoms in total. The molecule has 2 heterocycles. The van der Waals surface area contributed by atoms with Crippen molar-refractivity contribution in [3.8, 4) is 0 Å². The average Bonchev–Trinajstić information content (AvgIpc) is 3.15. The number of ether oxygens (including phenoxy) is 1. The maximum absolute atomic E-state index is 13.5. The van der Waals surface area contributed by atoms with Crippen LogP contribution in [0.25, 0.3) is 0 Å². The lowest BCUT2D eigenvalue weighted by atomic mass is 9.95. The van der Waals surface area contributed by atoms with Crippen LogP contribution in [-0.4, -0.2) is 29.9 Å². The number of amidine groups is 1. The van der Waals surface area contributed by atoms with E-state index in [4.69, 9.17) is 10.5 Å². The Morgan fingerprint density at radius 3 is 2.92 bits per heavy atom. The van der Waals surface area contributed by atoms with Crippen molar-refractivity contribution < 1.29 is 13.9 Å². The van der Waals surface area contributed by atoms with Gasteiger partial charge in [-0.1, -0.05) is 22.0 Å². The van der Waals surface area contributed by atoms with Crippen molar-refractivity contribution in [1.82, 2.24) is 10.3 Å². The minimum Gasteiger partial charge on any atom is -0.463 e. The number of aliphatic imine (C=N–C) groups is 1. The van der Waals surface area contributed by atoms with Crippen LogP contribution in [0.2, 0.25) is 0 Å². The second kappa shape index (κ2) is 8.07. The first kappa shape index (κ1) is 18.7. The third kappa shape index (κ3) is 3.69. The van der Waals surface area contributed by atoms with E-state index in [-0.39, 0.29) is 19.0 Å². The van der Waals surface area contributed by atoms with Gasteiger partial charge in [0.25, 0.3) is 0 Å². The van der Waals surface area contributed by atoms with E-state index in [0.717, 1.165) is 0 Å². The molecule has 0 saturated carbocycles. The van der Waals surface area contributed by atoms with Gasteiger partial charge >= 0.3 is 5.97 Å². The second-order valence-electron chi connectivity index (χ2n) is 5.33. The molecule has 0 radical (unpaired) electrons. The van der Waals surface area contributed by atoms with E-state index in [1.165, 1.54) is 23.5 Å². The molecule has 3 N–H and O–H groups in total. The number of aromatic nitrogens is 1. The summed E-state index contributed by atoms with van der Waals surface area (Å²) < 4.78 is 19.2. The molecule has 1 aromatic carbocycles. The zero-order chi connectivity index (χ0) is 18.7. The molecule has 1 aliphatic rings. The third-order valence-corrected chi connectivity index (χ3v) is 5.18. The topological polar surface area (TPSA) is 89.6 Å². The summed E-state index contributed by atoms with van der Waals surface area (Å²) in [5, 5.41) is 5.58. The molecule has 1 unspecified atom stereocenters. The van der Waals surface area contributed by atoms with Gasteiger partial charge in [-0.25, -0.2) is 14.2 Å². The number of hydrogen-bond acceptors (Lipinski definition) is 7. The van der Waals surface area contributed by atoms with E-state index >= 15 is 0 Å². The largest absolute Gasteiger partial charge is 0.463 e. The van der Waals surface area contributed by atoms with E-state index in [2.05, 4.69) is 31.2 Å². The van der Waals surface area contributed by atoms with Crippen molar-refractivity contribution in [2.45, 2.75) is 13.0 Å². The molecule has 3 rings (SSSR count). The fourth-order valence-electron chi connectivity index (χ4n) is 2.60. The zero-order valence-corrected chi connectivity index (χ0v) is 16.2. The Morgan fingerprint density at radius 2 is 2.31 bits per heavy atom. The molecule has 26 heavy (non-hydrogen) atoms. The number of halogens is 2. The first-order valence-electron chi connectivity index (χ1n) is 7.85. The standard InChI is InChI=1S/C17H16BrFN4O2S/c1-2-25-17(24)13-12(8-20)22-15(16-21-5-6-26-16)23-14(13)10-4-3-9(19)7-11(10)18/h3-7,14H,2,8,20H2,1H3,(H,22,23). The van der Waals surface area contributed by atoms with Gasteiger partial charge in [-0.15, -0.1) is 11.3 Å². The van der Waals surface area contributed by atoms with Crippen molar-refractivity contribution >= 4 is 39.1 Å². The highest BCUT2D eigenvalue weighted by Gasteiger charge is 2.33. The third-order valence-electron chi connectivity index (χ3n) is 3.72. The molecular formula is C17H16BrFN4O2S. The summed E-state index contributed by atoms with van der Waals surface area (Å²) in [6.45, 7) is 2.04. The van der Waals surface area contributed by atoms with Crippen molar-refractivity contribution in [2.24, 2.45) is 10.7 Å². The van der Waals surface area contributed by atoms with Crippen LogP contribution in [0.4, 0.5) is 4.39 Å². The molecule has 2 aromatic rings. The van der Waals surface area contributed by atoms with E-state index < -0.39 is 12.0 Å². The number of benzene rings is 1. The number of hydrogen-bond donors (Lipinski definition) is 2. The van der Waals surface area contributed by atoms with E-state index in [0.29, 0.717) is 32.1 Å². The highest BCUT2D eigenvalue weighted by atomic mass is 79.9. The number of nitrogens with two attached hydrogens (primary N) is 1. The van der Waals surface area contributed by atoms with Crippen LogP contribution in [0.1, 0.15) is 23.5 Å². The molecule has 0 amide bonds. The van der Waals surface area contributed by atoms with Gasteiger partial charge in [0.1, 0.15) is 11.9 Å². The Labute approximate surface area is 162 Å². The zero-order valence-electron chi connectivity index (χ0n) is 13.8. The number of carbonyl (C=O) groups excluding carboxylic acids is 1. The van der Waals surface area contributed by atoms with Gasteiger partial charge in [-0.05, 0) is 24.6 Å². The molecule has 1 aromatic heterocycles. The van der Waals surface area contributed by atoms with Gasteiger partial charge in [-0.2, -0.15) is 0 Å². The summed E-state index contributed by atoms with van der Waals surface area (Å²) in [5.41, 5.74) is 7.32. The average molecular weight is 439 g/mol. The van der Waals surface area contributed by atoms with Crippen molar-refractivity contribution in [2.75, 3.05) is 13.2 Å². The van der Waals surface area contributed by atoms with Crippen LogP contribution in [0, 0.1) is 5.82 Å². The summed E-state index contributed by atoms with van der Waals surface area (Å²) in [6.07, 6.45) is 1.67. The second-order valence-corrected chi connectivity index (χ2v) is 7.07. The van der Waals surface area contributed by atoms with Gasteiger partial charge in [0, 0.05) is 28.3 Å². The predicted octanol–water partition coefficient (Wildman–Crippen LogP) is 2.91. The lowest BCUT2D eigenvalue weighted by Crippen LogP contribution is -2.36. The molecule has 136 valence electrons. The lowest BCUT2D eigenvalue weighted by molar-refractivity contribution is -0.138. The van der Waals surface area contributed by atoms with Gasteiger partial charge in [0.15, 0.2) is 10.8 Å². The highest BCUT2D eigenvalue weighted by Crippen LogP contribution is 2.36. The highest BCUT2D eigenvalue weighted by molar-refractivity contribution is 9.10. The fourth-order valence-corrected chi connectivity index (χ4v) is 3.76. The molecular weight excluding hydrogens is 423 g/mol. The molecule has 0 fully saturated rings. The van der Waals surface area contributed by atoms with Crippen LogP contribution in [0.5, 0.6) is 0 Å². The summed E-state index contributed by atoms with van der Waals surface area (Å²) in [6, 6.07) is 3.56. The lowest BCUT2D eigenvalue weighted by Gasteiger charge is -2.27. The number of nitrogens with one attached hydrogen (secondary N) is 1. The first-order valence-corrected chi connectivity index (χ1v) is 9.52. The number of thiazole rings is 1. The van der Waals surface area contributed by atoms with Gasteiger partial charge in [0.2, 0.25) is 0 Å². The maximum atomic E-state index is 13.5. The van der Waals surface area contributed by atoms with Crippen LogP contribution >= 0.6 is 27.3 Å². The minimum atomic E-state index is -0.692. The predicted molar refractivity (Wildman–Crippen MR) is 101 cm³/mol.